The van der Waals surface area contributed by atoms with Crippen molar-refractivity contribution in [3.8, 4) is 0 Å². The first-order chi connectivity index (χ1) is 32.1. The molecule has 17 N–H and O–H groups in total. The molecule has 0 spiro atoms. The van der Waals surface area contributed by atoms with Crippen LogP contribution in [0.15, 0.2) is 0 Å². The monoisotopic (exact) mass is 989 g/mol. The third kappa shape index (κ3) is 23.7. The van der Waals surface area contributed by atoms with Crippen molar-refractivity contribution in [1.29, 1.82) is 0 Å². The SMILES string of the molecule is CC(C)C[C@H](NC(=O)[C@@H](N)CCC(=O)O)C(=O)N[C@H](C(=O)N[C@@H](CO)C(=O)N[C@@H](CCC(=O)O)C(=O)N[C@H](C(=O)N[C@@H](CO)C(=O)N[C@@H](CCCCN)C(=O)N[C@H](C(=O)O)C(C)C)C(C)C)C(C)C. The zero-order valence-corrected chi connectivity index (χ0v) is 40.7. The van der Waals surface area contributed by atoms with Crippen molar-refractivity contribution in [3.63, 3.8) is 0 Å². The highest BCUT2D eigenvalue weighted by molar-refractivity contribution is 5.98. The van der Waals surface area contributed by atoms with Crippen LogP contribution in [0.4, 0.5) is 0 Å². The number of amides is 8. The smallest absolute Gasteiger partial charge is 0.326 e. The number of unbranched alkanes of at least 4 members (excludes halogenated alkanes) is 1. The molecule has 0 aliphatic carbocycles. The molecule has 8 amide bonds. The number of hydrogen-bond donors (Lipinski definition) is 15. The highest BCUT2D eigenvalue weighted by Crippen LogP contribution is 2.12. The van der Waals surface area contributed by atoms with Gasteiger partial charge in [0, 0.05) is 12.8 Å². The number of nitrogens with one attached hydrogen (secondary N) is 8. The predicted molar refractivity (Wildman–Crippen MR) is 246 cm³/mol. The van der Waals surface area contributed by atoms with E-state index in [4.69, 9.17) is 16.6 Å². The average molecular weight is 989 g/mol. The fourth-order valence-electron chi connectivity index (χ4n) is 6.49. The molecule has 0 fully saturated rings. The largest absolute Gasteiger partial charge is 0.481 e. The summed E-state index contributed by atoms with van der Waals surface area (Å²) < 4.78 is 0. The van der Waals surface area contributed by atoms with Gasteiger partial charge in [-0.25, -0.2) is 4.79 Å². The van der Waals surface area contributed by atoms with Crippen LogP contribution in [-0.4, -0.2) is 165 Å². The van der Waals surface area contributed by atoms with Crippen molar-refractivity contribution < 1.29 is 78.3 Å². The molecule has 0 radical (unpaired) electrons. The van der Waals surface area contributed by atoms with Crippen molar-refractivity contribution in [2.24, 2.45) is 35.1 Å². The molecule has 394 valence electrons. The summed E-state index contributed by atoms with van der Waals surface area (Å²) in [7, 11) is 0. The van der Waals surface area contributed by atoms with Crippen molar-refractivity contribution in [2.45, 2.75) is 161 Å². The Labute approximate surface area is 401 Å². The number of carbonyl (C=O) groups excluding carboxylic acids is 8. The molecular formula is C43H76N10O16. The Morgan fingerprint density at radius 3 is 1.13 bits per heavy atom. The molecule has 0 saturated carbocycles. The number of nitrogens with two attached hydrogens (primary N) is 2. The van der Waals surface area contributed by atoms with E-state index in [1.54, 1.807) is 41.5 Å². The fraction of sp³-hybridized carbons (Fsp3) is 0.744. The Morgan fingerprint density at radius 2 is 0.768 bits per heavy atom. The molecule has 0 bridgehead atoms. The molecule has 0 aromatic carbocycles. The van der Waals surface area contributed by atoms with Gasteiger partial charge >= 0.3 is 17.9 Å². The number of aliphatic hydroxyl groups is 2. The van der Waals surface area contributed by atoms with E-state index in [1.165, 1.54) is 13.8 Å². The zero-order valence-electron chi connectivity index (χ0n) is 40.7. The number of rotatable bonds is 34. The van der Waals surface area contributed by atoms with Crippen molar-refractivity contribution in [3.05, 3.63) is 0 Å². The Kier molecular flexibility index (Phi) is 29.2. The van der Waals surface area contributed by atoms with E-state index in [0.29, 0.717) is 12.8 Å². The maximum absolute atomic E-state index is 13.7. The summed E-state index contributed by atoms with van der Waals surface area (Å²) in [6, 6.07) is -13.1. The lowest BCUT2D eigenvalue weighted by Gasteiger charge is -2.29. The maximum Gasteiger partial charge on any atom is 0.326 e. The van der Waals surface area contributed by atoms with Crippen LogP contribution in [0.25, 0.3) is 0 Å². The molecule has 0 aliphatic heterocycles. The molecule has 69 heavy (non-hydrogen) atoms. The van der Waals surface area contributed by atoms with E-state index in [9.17, 15) is 73.2 Å². The molecule has 0 aromatic rings. The Hall–Kier alpha value is -5.99. The second-order valence-electron chi connectivity index (χ2n) is 18.1. The number of carbonyl (C=O) groups is 11. The summed E-state index contributed by atoms with van der Waals surface area (Å²) in [4.78, 5) is 141. The molecule has 26 heteroatoms. The fourth-order valence-corrected chi connectivity index (χ4v) is 6.49. The summed E-state index contributed by atoms with van der Waals surface area (Å²) in [5, 5.41) is 67.3. The zero-order chi connectivity index (χ0) is 53.3. The van der Waals surface area contributed by atoms with E-state index in [1.807, 2.05) is 0 Å². The van der Waals surface area contributed by atoms with E-state index < -0.39 is 170 Å². The van der Waals surface area contributed by atoms with E-state index in [0.717, 1.165) is 0 Å². The molecule has 0 saturated heterocycles. The first-order valence-corrected chi connectivity index (χ1v) is 22.9. The van der Waals surface area contributed by atoms with Gasteiger partial charge in [-0.3, -0.25) is 47.9 Å². The topological polar surface area (TPSA) is 437 Å². The average Bonchev–Trinajstić information content (AvgIpc) is 3.25. The first-order valence-electron chi connectivity index (χ1n) is 22.9. The molecule has 0 rings (SSSR count). The minimum Gasteiger partial charge on any atom is -0.481 e. The van der Waals surface area contributed by atoms with Gasteiger partial charge in [-0.2, -0.15) is 0 Å². The van der Waals surface area contributed by atoms with Crippen LogP contribution in [0, 0.1) is 23.7 Å². The maximum atomic E-state index is 13.7. The molecule has 0 heterocycles. The molecule has 0 unspecified atom stereocenters. The van der Waals surface area contributed by atoms with E-state index in [2.05, 4.69) is 42.5 Å². The standard InChI is InChI=1S/C43H76N10O16/c1-20(2)17-27(48-35(60)24(45)12-14-30(56)57)38(63)52-33(22(5)6)42(67)50-29(19-55)40(65)47-26(13-15-31(58)59)37(62)51-32(21(3)4)41(66)49-28(18-54)39(64)46-25(11-9-10-16-44)36(61)53-34(23(7)8)43(68)69/h20-29,32-34,54-55H,9-19,44-45H2,1-8H3,(H,46,64)(H,47,65)(H,48,60)(H,49,66)(H,50,67)(H,51,62)(H,52,63)(H,53,61)(H,56,57)(H,58,59)(H,68,69)/t24-,25-,26-,27-,28-,29-,32-,33-,34-/m0/s1. The minimum absolute atomic E-state index is 0.0186. The second-order valence-corrected chi connectivity index (χ2v) is 18.1. The van der Waals surface area contributed by atoms with Crippen LogP contribution in [0.1, 0.15) is 107 Å². The molecular weight excluding hydrogens is 913 g/mol. The van der Waals surface area contributed by atoms with Gasteiger partial charge in [-0.1, -0.05) is 55.4 Å². The summed E-state index contributed by atoms with van der Waals surface area (Å²) in [5.74, 6) is -13.7. The van der Waals surface area contributed by atoms with Crippen LogP contribution in [0.5, 0.6) is 0 Å². The van der Waals surface area contributed by atoms with Gasteiger partial charge in [0.1, 0.15) is 48.3 Å². The summed E-state index contributed by atoms with van der Waals surface area (Å²) >= 11 is 0. The lowest BCUT2D eigenvalue weighted by atomic mass is 9.99. The van der Waals surface area contributed by atoms with Gasteiger partial charge in [0.2, 0.25) is 47.3 Å². The van der Waals surface area contributed by atoms with Crippen molar-refractivity contribution in [2.75, 3.05) is 19.8 Å². The molecule has 0 aromatic heterocycles. The Balaban J connectivity index is 6.27. The van der Waals surface area contributed by atoms with E-state index in [-0.39, 0.29) is 31.7 Å². The van der Waals surface area contributed by atoms with Gasteiger partial charge in [-0.05, 0) is 68.7 Å². The number of carboxylic acid groups (broad SMARTS) is 3. The number of aliphatic carboxylic acids is 3. The highest BCUT2D eigenvalue weighted by Gasteiger charge is 2.36. The summed E-state index contributed by atoms with van der Waals surface area (Å²) in [6.07, 6.45) is -0.975. The third-order valence-electron chi connectivity index (χ3n) is 10.6. The number of aliphatic hydroxyl groups excluding tert-OH is 2. The van der Waals surface area contributed by atoms with Crippen LogP contribution in [-0.2, 0) is 52.7 Å². The third-order valence-corrected chi connectivity index (χ3v) is 10.6. The highest BCUT2D eigenvalue weighted by atomic mass is 16.4. The summed E-state index contributed by atoms with van der Waals surface area (Å²) in [6.45, 7) is 10.9. The van der Waals surface area contributed by atoms with Crippen LogP contribution in [0.2, 0.25) is 0 Å². The van der Waals surface area contributed by atoms with E-state index >= 15 is 0 Å². The quantitative estimate of drug-likeness (QED) is 0.0274. The predicted octanol–water partition coefficient (Wildman–Crippen LogP) is -3.87. The van der Waals surface area contributed by atoms with Gasteiger partial charge in [0.25, 0.3) is 0 Å². The number of carboxylic acids is 3. The Morgan fingerprint density at radius 1 is 0.420 bits per heavy atom. The lowest BCUT2D eigenvalue weighted by molar-refractivity contribution is -0.143. The first kappa shape index (κ1) is 63.0. The number of hydrogen-bond acceptors (Lipinski definition) is 15. The molecule has 26 nitrogen and oxygen atoms in total. The van der Waals surface area contributed by atoms with Crippen molar-refractivity contribution in [1.82, 2.24) is 42.5 Å². The van der Waals surface area contributed by atoms with Gasteiger partial charge in [-0.15, -0.1) is 0 Å². The van der Waals surface area contributed by atoms with Gasteiger partial charge < -0.3 is 79.5 Å². The molecule has 0 aliphatic rings. The minimum atomic E-state index is -1.79. The van der Waals surface area contributed by atoms with Gasteiger partial charge in [0.05, 0.1) is 19.3 Å². The van der Waals surface area contributed by atoms with Crippen LogP contribution in [0.3, 0.4) is 0 Å². The van der Waals surface area contributed by atoms with Crippen molar-refractivity contribution >= 4 is 65.2 Å². The summed E-state index contributed by atoms with van der Waals surface area (Å²) in [5.41, 5.74) is 11.4. The van der Waals surface area contributed by atoms with Crippen LogP contribution < -0.4 is 54.0 Å². The van der Waals surface area contributed by atoms with Gasteiger partial charge in [0.15, 0.2) is 0 Å². The van der Waals surface area contributed by atoms with Crippen LogP contribution >= 0.6 is 0 Å². The second kappa shape index (κ2) is 31.9. The Bertz CT molecular complexity index is 1760. The normalized spacial score (nSPS) is 15.2. The molecule has 9 atom stereocenters. The lowest BCUT2D eigenvalue weighted by Crippen LogP contribution is -2.62.